The molecule has 0 saturated carbocycles. The number of sulfonamides is 1. The molecule has 9 heteroatoms. The van der Waals surface area contributed by atoms with Gasteiger partial charge in [-0.05, 0) is 58.4 Å². The van der Waals surface area contributed by atoms with Crippen LogP contribution in [-0.2, 0) is 10.0 Å². The van der Waals surface area contributed by atoms with Gasteiger partial charge >= 0.3 is 0 Å². The summed E-state index contributed by atoms with van der Waals surface area (Å²) in [6.07, 6.45) is 0. The van der Waals surface area contributed by atoms with Crippen molar-refractivity contribution >= 4 is 64.2 Å². The summed E-state index contributed by atoms with van der Waals surface area (Å²) < 4.78 is 29.3. The Bertz CT molecular complexity index is 1310. The highest BCUT2D eigenvalue weighted by Gasteiger charge is 2.15. The zero-order valence-corrected chi connectivity index (χ0v) is 18.0. The highest BCUT2D eigenvalue weighted by atomic mass is 79.9. The fourth-order valence-corrected chi connectivity index (χ4v) is 5.22. The molecule has 29 heavy (non-hydrogen) atoms. The van der Waals surface area contributed by atoms with Crippen LogP contribution in [0.15, 0.2) is 82.2 Å². The first-order chi connectivity index (χ1) is 13.9. The Balaban J connectivity index is 1.55. The molecule has 6 nitrogen and oxygen atoms in total. The third-order valence-electron chi connectivity index (χ3n) is 4.02. The van der Waals surface area contributed by atoms with Gasteiger partial charge in [0.2, 0.25) is 0 Å². The second-order valence-electron chi connectivity index (χ2n) is 6.06. The number of fused-ring (bicyclic) bond motifs is 1. The molecule has 1 amide bonds. The largest absolute Gasteiger partial charge is 0.298 e. The second-order valence-corrected chi connectivity index (χ2v) is 9.63. The summed E-state index contributed by atoms with van der Waals surface area (Å²) in [6, 6.07) is 20.1. The summed E-state index contributed by atoms with van der Waals surface area (Å²) in [5.41, 5.74) is 1.39. The van der Waals surface area contributed by atoms with Crippen LogP contribution < -0.4 is 10.0 Å². The van der Waals surface area contributed by atoms with E-state index in [0.29, 0.717) is 16.4 Å². The normalized spacial score (nSPS) is 11.3. The third kappa shape index (κ3) is 4.31. The van der Waals surface area contributed by atoms with E-state index in [1.165, 1.54) is 29.5 Å². The molecule has 0 aliphatic rings. The summed E-state index contributed by atoms with van der Waals surface area (Å²) in [6.45, 7) is 0. The summed E-state index contributed by atoms with van der Waals surface area (Å²) >= 11 is 4.81. The molecule has 0 bridgehead atoms. The molecule has 0 aliphatic heterocycles. The molecule has 3 aromatic carbocycles. The predicted molar refractivity (Wildman–Crippen MR) is 119 cm³/mol. The number of benzene rings is 3. The van der Waals surface area contributed by atoms with Gasteiger partial charge in [-0.25, -0.2) is 13.4 Å². The van der Waals surface area contributed by atoms with Crippen LogP contribution in [0.3, 0.4) is 0 Å². The number of aromatic nitrogens is 1. The van der Waals surface area contributed by atoms with Crippen molar-refractivity contribution in [3.05, 3.63) is 82.8 Å². The van der Waals surface area contributed by atoms with Crippen molar-refractivity contribution in [1.29, 1.82) is 0 Å². The predicted octanol–water partition coefficient (Wildman–Crippen LogP) is 5.11. The van der Waals surface area contributed by atoms with Gasteiger partial charge in [-0.2, -0.15) is 0 Å². The minimum Gasteiger partial charge on any atom is -0.298 e. The molecular weight excluding hydrogens is 474 g/mol. The van der Waals surface area contributed by atoms with Gasteiger partial charge in [0, 0.05) is 15.7 Å². The van der Waals surface area contributed by atoms with Crippen LogP contribution in [0.2, 0.25) is 0 Å². The zero-order chi connectivity index (χ0) is 20.4. The van der Waals surface area contributed by atoms with Gasteiger partial charge in [0.25, 0.3) is 15.9 Å². The topological polar surface area (TPSA) is 88.2 Å². The minimum absolute atomic E-state index is 0.148. The maximum Gasteiger partial charge on any atom is 0.261 e. The Hall–Kier alpha value is -2.75. The molecule has 0 atom stereocenters. The lowest BCUT2D eigenvalue weighted by atomic mass is 10.2. The Labute approximate surface area is 179 Å². The monoisotopic (exact) mass is 487 g/mol. The number of hydrogen-bond acceptors (Lipinski definition) is 5. The summed E-state index contributed by atoms with van der Waals surface area (Å²) in [4.78, 5) is 17.2. The molecule has 0 unspecified atom stereocenters. The van der Waals surface area contributed by atoms with E-state index < -0.39 is 10.0 Å². The molecule has 2 N–H and O–H groups in total. The van der Waals surface area contributed by atoms with E-state index in [4.69, 9.17) is 0 Å². The molecule has 0 spiro atoms. The van der Waals surface area contributed by atoms with E-state index in [-0.39, 0.29) is 10.8 Å². The first-order valence-corrected chi connectivity index (χ1v) is 11.6. The quantitative estimate of drug-likeness (QED) is 0.409. The number of nitrogens with one attached hydrogen (secondary N) is 2. The van der Waals surface area contributed by atoms with Gasteiger partial charge in [0.1, 0.15) is 0 Å². The average molecular weight is 488 g/mol. The fourth-order valence-electron chi connectivity index (χ4n) is 2.68. The van der Waals surface area contributed by atoms with Crippen LogP contribution >= 0.6 is 27.3 Å². The number of hydrogen-bond donors (Lipinski definition) is 2. The lowest BCUT2D eigenvalue weighted by molar-refractivity contribution is 0.102. The summed E-state index contributed by atoms with van der Waals surface area (Å²) in [5, 5.41) is 3.23. The standard InChI is InChI=1S/C20H14BrN3O3S2/c21-16-10-5-11-17-18(16)22-20(28-17)23-19(25)13-6-4-7-14(12-13)24-29(26,27)15-8-2-1-3-9-15/h1-12,24H,(H,22,23,25). The number of halogens is 1. The van der Waals surface area contributed by atoms with Crippen molar-refractivity contribution in [2.24, 2.45) is 0 Å². The van der Waals surface area contributed by atoms with Crippen molar-refractivity contribution < 1.29 is 13.2 Å². The van der Waals surface area contributed by atoms with Crippen LogP contribution in [0.4, 0.5) is 10.8 Å². The molecule has 0 radical (unpaired) electrons. The van der Waals surface area contributed by atoms with Gasteiger partial charge in [-0.1, -0.05) is 41.7 Å². The number of carbonyl (C=O) groups is 1. The van der Waals surface area contributed by atoms with Gasteiger partial charge in [0.15, 0.2) is 5.13 Å². The first kappa shape index (κ1) is 19.6. The van der Waals surface area contributed by atoms with Gasteiger partial charge in [-0.3, -0.25) is 14.8 Å². The van der Waals surface area contributed by atoms with Gasteiger partial charge in [-0.15, -0.1) is 0 Å². The van der Waals surface area contributed by atoms with Crippen molar-refractivity contribution in [3.8, 4) is 0 Å². The third-order valence-corrected chi connectivity index (χ3v) is 6.99. The number of anilines is 2. The zero-order valence-electron chi connectivity index (χ0n) is 14.8. The van der Waals surface area contributed by atoms with Crippen molar-refractivity contribution in [3.63, 3.8) is 0 Å². The molecular formula is C20H14BrN3O3S2. The SMILES string of the molecule is O=C(Nc1nc2c(Br)cccc2s1)c1cccc(NS(=O)(=O)c2ccccc2)c1. The lowest BCUT2D eigenvalue weighted by Gasteiger charge is -2.09. The number of amides is 1. The van der Waals surface area contributed by atoms with Crippen LogP contribution in [0.1, 0.15) is 10.4 Å². The van der Waals surface area contributed by atoms with E-state index in [1.807, 2.05) is 18.2 Å². The highest BCUT2D eigenvalue weighted by Crippen LogP contribution is 2.31. The molecule has 0 fully saturated rings. The smallest absolute Gasteiger partial charge is 0.261 e. The summed E-state index contributed by atoms with van der Waals surface area (Å²) in [5.74, 6) is -0.374. The van der Waals surface area contributed by atoms with Crippen molar-refractivity contribution in [1.82, 2.24) is 4.98 Å². The molecule has 0 saturated heterocycles. The number of thiazole rings is 1. The lowest BCUT2D eigenvalue weighted by Crippen LogP contribution is -2.15. The number of rotatable bonds is 5. The van der Waals surface area contributed by atoms with E-state index >= 15 is 0 Å². The van der Waals surface area contributed by atoms with Crippen LogP contribution in [-0.4, -0.2) is 19.3 Å². The summed E-state index contributed by atoms with van der Waals surface area (Å²) in [7, 11) is -3.73. The maximum absolute atomic E-state index is 12.6. The van der Waals surface area contributed by atoms with E-state index in [9.17, 15) is 13.2 Å². The maximum atomic E-state index is 12.6. The fraction of sp³-hybridized carbons (Fsp3) is 0. The van der Waals surface area contributed by atoms with Crippen LogP contribution in [0, 0.1) is 0 Å². The Kier molecular flexibility index (Phi) is 5.35. The van der Waals surface area contributed by atoms with E-state index in [1.54, 1.807) is 36.4 Å². The second kappa shape index (κ2) is 7.94. The molecule has 4 rings (SSSR count). The van der Waals surface area contributed by atoms with Crippen molar-refractivity contribution in [2.45, 2.75) is 4.90 Å². The molecule has 1 aromatic heterocycles. The van der Waals surface area contributed by atoms with E-state index in [2.05, 4.69) is 31.0 Å². The number of para-hydroxylation sites is 1. The van der Waals surface area contributed by atoms with Gasteiger partial charge in [0.05, 0.1) is 15.1 Å². The van der Waals surface area contributed by atoms with Crippen LogP contribution in [0.5, 0.6) is 0 Å². The highest BCUT2D eigenvalue weighted by molar-refractivity contribution is 9.10. The Morgan fingerprint density at radius 1 is 0.966 bits per heavy atom. The average Bonchev–Trinajstić information content (AvgIpc) is 3.12. The Morgan fingerprint density at radius 2 is 1.72 bits per heavy atom. The van der Waals surface area contributed by atoms with E-state index in [0.717, 1.165) is 14.7 Å². The minimum atomic E-state index is -3.73. The Morgan fingerprint density at radius 3 is 2.48 bits per heavy atom. The number of nitrogens with zero attached hydrogens (tertiary/aromatic N) is 1. The number of carbonyl (C=O) groups excluding carboxylic acids is 1. The molecule has 146 valence electrons. The molecule has 0 aliphatic carbocycles. The van der Waals surface area contributed by atoms with Crippen molar-refractivity contribution in [2.75, 3.05) is 10.0 Å². The molecule has 1 heterocycles. The first-order valence-electron chi connectivity index (χ1n) is 8.47. The molecule has 4 aromatic rings. The van der Waals surface area contributed by atoms with Crippen LogP contribution in [0.25, 0.3) is 10.2 Å². The van der Waals surface area contributed by atoms with Gasteiger partial charge < -0.3 is 0 Å².